The van der Waals surface area contributed by atoms with Crippen molar-refractivity contribution in [3.63, 3.8) is 0 Å². The first-order valence-electron chi connectivity index (χ1n) is 8.39. The summed E-state index contributed by atoms with van der Waals surface area (Å²) in [4.78, 5) is 12.5. The van der Waals surface area contributed by atoms with Crippen molar-refractivity contribution in [1.82, 2.24) is 0 Å². The van der Waals surface area contributed by atoms with Crippen LogP contribution in [0.25, 0.3) is 22.3 Å². The van der Waals surface area contributed by atoms with Crippen molar-refractivity contribution in [2.24, 2.45) is 0 Å². The minimum absolute atomic E-state index is 0.483. The maximum atomic E-state index is 12.5. The van der Waals surface area contributed by atoms with Gasteiger partial charge in [-0.25, -0.2) is 9.32 Å². The quantitative estimate of drug-likeness (QED) is 0.531. The third kappa shape index (κ3) is 3.18. The summed E-state index contributed by atoms with van der Waals surface area (Å²) in [6.45, 7) is 5.92. The number of carbonyl (C=O) groups is 1. The fraction of sp³-hybridized carbons (Fsp3) is 0.136. The van der Waals surface area contributed by atoms with Crippen molar-refractivity contribution in [3.8, 4) is 22.3 Å². The summed E-state index contributed by atoms with van der Waals surface area (Å²) in [7, 11) is -1.12. The van der Waals surface area contributed by atoms with Gasteiger partial charge in [0, 0.05) is 0 Å². The van der Waals surface area contributed by atoms with E-state index in [1.54, 1.807) is 0 Å². The predicted octanol–water partition coefficient (Wildman–Crippen LogP) is 6.04. The largest absolute Gasteiger partial charge is 0.545 e. The molecule has 1 unspecified atom stereocenters. The lowest BCUT2D eigenvalue weighted by Crippen LogP contribution is -2.09. The van der Waals surface area contributed by atoms with Crippen molar-refractivity contribution < 1.29 is 13.9 Å². The van der Waals surface area contributed by atoms with E-state index < -0.39 is 14.7 Å². The lowest BCUT2D eigenvalue weighted by atomic mass is 9.83. The molecule has 0 aromatic heterocycles. The van der Waals surface area contributed by atoms with E-state index in [0.717, 1.165) is 38.9 Å². The van der Waals surface area contributed by atoms with Gasteiger partial charge in [0.25, 0.3) is 0 Å². The number of hydrogen-bond acceptors (Lipinski definition) is 3. The SMILES string of the molecule is Cc1c(C(=O)O[PH+]=O)c(C)c(-c2ccccc2)c(C)c1-c1ccccc1. The molecule has 0 N–H and O–H groups in total. The van der Waals surface area contributed by atoms with Crippen LogP contribution in [0, 0.1) is 20.8 Å². The van der Waals surface area contributed by atoms with Crippen LogP contribution in [-0.2, 0) is 9.09 Å². The minimum Gasteiger partial charge on any atom is -0.241 e. The number of hydrogen-bond donors (Lipinski definition) is 0. The van der Waals surface area contributed by atoms with Crippen LogP contribution in [-0.4, -0.2) is 5.97 Å². The molecular weight excluding hydrogens is 343 g/mol. The van der Waals surface area contributed by atoms with E-state index in [2.05, 4.69) is 6.92 Å². The van der Waals surface area contributed by atoms with Gasteiger partial charge in [0.05, 0.1) is 5.56 Å². The van der Waals surface area contributed by atoms with Crippen molar-refractivity contribution in [2.75, 3.05) is 0 Å². The van der Waals surface area contributed by atoms with Crippen LogP contribution < -0.4 is 0 Å². The average molecular weight is 363 g/mol. The molecule has 0 saturated heterocycles. The van der Waals surface area contributed by atoms with Gasteiger partial charge in [-0.2, -0.15) is 0 Å². The van der Waals surface area contributed by atoms with Gasteiger partial charge < -0.3 is 0 Å². The Bertz CT molecular complexity index is 897. The molecule has 0 aliphatic carbocycles. The first kappa shape index (κ1) is 18.0. The summed E-state index contributed by atoms with van der Waals surface area (Å²) >= 11 is 0. The first-order chi connectivity index (χ1) is 12.6. The highest BCUT2D eigenvalue weighted by Crippen LogP contribution is 2.40. The van der Waals surface area contributed by atoms with Crippen LogP contribution >= 0.6 is 8.69 Å². The number of carbonyl (C=O) groups excluding carboxylic acids is 1. The third-order valence-electron chi connectivity index (χ3n) is 4.71. The van der Waals surface area contributed by atoms with E-state index in [9.17, 15) is 9.36 Å². The second-order valence-corrected chi connectivity index (χ2v) is 6.58. The van der Waals surface area contributed by atoms with Crippen LogP contribution in [0.1, 0.15) is 27.0 Å². The Kier molecular flexibility index (Phi) is 5.29. The lowest BCUT2D eigenvalue weighted by Gasteiger charge is -2.21. The molecule has 1 atom stereocenters. The Morgan fingerprint density at radius 3 is 1.54 bits per heavy atom. The van der Waals surface area contributed by atoms with Crippen LogP contribution in [0.2, 0.25) is 0 Å². The van der Waals surface area contributed by atoms with Gasteiger partial charge >= 0.3 is 14.7 Å². The highest BCUT2D eigenvalue weighted by atomic mass is 31.1. The predicted molar refractivity (Wildman–Crippen MR) is 106 cm³/mol. The molecule has 4 heteroatoms. The molecule has 130 valence electrons. The summed E-state index contributed by atoms with van der Waals surface area (Å²) in [5.41, 5.74) is 7.38. The first-order valence-corrected chi connectivity index (χ1v) is 9.20. The summed E-state index contributed by atoms with van der Waals surface area (Å²) in [6.07, 6.45) is 0. The van der Waals surface area contributed by atoms with E-state index in [1.165, 1.54) is 0 Å². The van der Waals surface area contributed by atoms with E-state index in [4.69, 9.17) is 4.52 Å². The number of benzene rings is 3. The molecule has 3 nitrogen and oxygen atoms in total. The van der Waals surface area contributed by atoms with E-state index in [-0.39, 0.29) is 0 Å². The zero-order valence-electron chi connectivity index (χ0n) is 15.0. The Balaban J connectivity index is 2.40. The lowest BCUT2D eigenvalue weighted by molar-refractivity contribution is 0.0754. The zero-order valence-corrected chi connectivity index (χ0v) is 16.0. The third-order valence-corrected chi connectivity index (χ3v) is 4.98. The highest BCUT2D eigenvalue weighted by molar-refractivity contribution is 7.18. The molecule has 0 aliphatic heterocycles. The molecule has 3 aromatic rings. The van der Waals surface area contributed by atoms with Crippen molar-refractivity contribution in [3.05, 3.63) is 82.9 Å². The van der Waals surface area contributed by atoms with Gasteiger partial charge in [-0.15, -0.1) is 0 Å². The molecule has 0 spiro atoms. The molecule has 3 aromatic carbocycles. The summed E-state index contributed by atoms with van der Waals surface area (Å²) in [6, 6.07) is 20.0. The molecular formula is C22H20O3P+. The monoisotopic (exact) mass is 363 g/mol. The Morgan fingerprint density at radius 2 is 1.15 bits per heavy atom. The second-order valence-electron chi connectivity index (χ2n) is 6.20. The molecule has 0 radical (unpaired) electrons. The van der Waals surface area contributed by atoms with Crippen LogP contribution in [0.4, 0.5) is 0 Å². The van der Waals surface area contributed by atoms with Crippen molar-refractivity contribution in [1.29, 1.82) is 0 Å². The summed E-state index contributed by atoms with van der Waals surface area (Å²) < 4.78 is 15.7. The fourth-order valence-electron chi connectivity index (χ4n) is 3.69. The molecule has 26 heavy (non-hydrogen) atoms. The number of rotatable bonds is 4. The highest BCUT2D eigenvalue weighted by Gasteiger charge is 2.25. The van der Waals surface area contributed by atoms with Gasteiger partial charge in [0.15, 0.2) is 0 Å². The van der Waals surface area contributed by atoms with E-state index in [0.29, 0.717) is 5.56 Å². The second kappa shape index (κ2) is 7.63. The van der Waals surface area contributed by atoms with Gasteiger partial charge in [-0.05, 0) is 64.3 Å². The topological polar surface area (TPSA) is 43.4 Å². The molecule has 0 aliphatic rings. The van der Waals surface area contributed by atoms with Gasteiger partial charge in [0.2, 0.25) is 0 Å². The van der Waals surface area contributed by atoms with E-state index >= 15 is 0 Å². The molecule has 0 fully saturated rings. The average Bonchev–Trinajstić information content (AvgIpc) is 2.63. The van der Waals surface area contributed by atoms with Crippen LogP contribution in [0.3, 0.4) is 0 Å². The molecule has 0 bridgehead atoms. The van der Waals surface area contributed by atoms with Gasteiger partial charge in [0.1, 0.15) is 0 Å². The standard InChI is InChI=1S/C22H20O3P/c1-14-19(17-10-6-4-7-11-17)15(2)21(22(23)25-26-24)16(3)20(14)18-12-8-5-9-13-18/h4-13,26H,1-3H3/q+1. The van der Waals surface area contributed by atoms with Gasteiger partial charge in [-0.1, -0.05) is 60.7 Å². The maximum absolute atomic E-state index is 12.5. The molecule has 0 saturated carbocycles. The normalized spacial score (nSPS) is 10.7. The fourth-order valence-corrected chi connectivity index (χ4v) is 3.87. The molecule has 3 rings (SSSR count). The Morgan fingerprint density at radius 1 is 0.731 bits per heavy atom. The van der Waals surface area contributed by atoms with E-state index in [1.807, 2.05) is 74.5 Å². The van der Waals surface area contributed by atoms with Crippen molar-refractivity contribution in [2.45, 2.75) is 20.8 Å². The van der Waals surface area contributed by atoms with Crippen LogP contribution in [0.5, 0.6) is 0 Å². The van der Waals surface area contributed by atoms with Crippen molar-refractivity contribution >= 4 is 14.7 Å². The zero-order chi connectivity index (χ0) is 18.7. The molecule has 0 heterocycles. The Hall–Kier alpha value is -2.77. The van der Waals surface area contributed by atoms with Gasteiger partial charge in [-0.3, -0.25) is 0 Å². The summed E-state index contributed by atoms with van der Waals surface area (Å²) in [5, 5.41) is 0. The Labute approximate surface area is 154 Å². The maximum Gasteiger partial charge on any atom is 0.545 e. The van der Waals surface area contributed by atoms with Crippen LogP contribution in [0.15, 0.2) is 60.7 Å². The summed E-state index contributed by atoms with van der Waals surface area (Å²) in [5.74, 6) is -0.553. The molecule has 0 amide bonds. The smallest absolute Gasteiger partial charge is 0.241 e. The minimum atomic E-state index is -1.12.